The fourth-order valence-electron chi connectivity index (χ4n) is 3.54. The number of rotatable bonds is 5. The first-order valence-corrected chi connectivity index (χ1v) is 8.42. The van der Waals surface area contributed by atoms with Crippen LogP contribution in [0.1, 0.15) is 30.0 Å². The van der Waals surface area contributed by atoms with Gasteiger partial charge in [0.2, 0.25) is 0 Å². The summed E-state index contributed by atoms with van der Waals surface area (Å²) in [6.07, 6.45) is 0.378. The van der Waals surface area contributed by atoms with Crippen LogP contribution < -0.4 is 0 Å². The topological polar surface area (TPSA) is 52.9 Å². The standard InChI is InChI=1S/C20H25NO3/c1-24-19(22)18(16-8-4-2-5-9-16)21-14-12-20(23,13-15-21)17-10-6-3-7-11-17/h2-11,18-19,22-23H,12-15H2,1H3. The highest BCUT2D eigenvalue weighted by Gasteiger charge is 2.38. The van der Waals surface area contributed by atoms with Crippen LogP contribution in [-0.4, -0.2) is 41.6 Å². The highest BCUT2D eigenvalue weighted by Crippen LogP contribution is 2.36. The predicted molar refractivity (Wildman–Crippen MR) is 93.3 cm³/mol. The Labute approximate surface area is 143 Å². The minimum Gasteiger partial charge on any atom is -0.385 e. The number of likely N-dealkylation sites (tertiary alicyclic amines) is 1. The molecular formula is C20H25NO3. The third-order valence-corrected chi connectivity index (χ3v) is 4.98. The van der Waals surface area contributed by atoms with Gasteiger partial charge in [0.25, 0.3) is 0 Å². The molecule has 0 saturated carbocycles. The molecule has 2 aromatic carbocycles. The molecule has 0 radical (unpaired) electrons. The molecule has 0 aromatic heterocycles. The van der Waals surface area contributed by atoms with Gasteiger partial charge in [-0.1, -0.05) is 60.7 Å². The number of hydrogen-bond donors (Lipinski definition) is 2. The van der Waals surface area contributed by atoms with Gasteiger partial charge in [-0.05, 0) is 24.0 Å². The highest BCUT2D eigenvalue weighted by atomic mass is 16.6. The first-order valence-electron chi connectivity index (χ1n) is 8.42. The van der Waals surface area contributed by atoms with E-state index in [1.807, 2.05) is 60.7 Å². The Bertz CT molecular complexity index is 624. The molecule has 1 aliphatic heterocycles. The van der Waals surface area contributed by atoms with E-state index in [2.05, 4.69) is 4.90 Å². The van der Waals surface area contributed by atoms with Crippen molar-refractivity contribution >= 4 is 0 Å². The van der Waals surface area contributed by atoms with Crippen LogP contribution in [0.25, 0.3) is 0 Å². The normalized spacial score (nSPS) is 20.5. The average Bonchev–Trinajstić information content (AvgIpc) is 2.65. The molecule has 2 N–H and O–H groups in total. The van der Waals surface area contributed by atoms with Crippen molar-refractivity contribution in [3.8, 4) is 0 Å². The van der Waals surface area contributed by atoms with Gasteiger partial charge in [-0.25, -0.2) is 0 Å². The maximum atomic E-state index is 11.0. The van der Waals surface area contributed by atoms with E-state index < -0.39 is 11.9 Å². The van der Waals surface area contributed by atoms with E-state index in [-0.39, 0.29) is 6.04 Å². The fraction of sp³-hybridized carbons (Fsp3) is 0.400. The highest BCUT2D eigenvalue weighted by molar-refractivity contribution is 5.24. The van der Waals surface area contributed by atoms with Gasteiger partial charge in [-0.2, -0.15) is 0 Å². The second-order valence-corrected chi connectivity index (χ2v) is 6.42. The predicted octanol–water partition coefficient (Wildman–Crippen LogP) is 2.68. The number of methoxy groups -OCH3 is 1. The fourth-order valence-corrected chi connectivity index (χ4v) is 3.54. The van der Waals surface area contributed by atoms with Gasteiger partial charge in [0, 0.05) is 20.2 Å². The summed E-state index contributed by atoms with van der Waals surface area (Å²) in [5.74, 6) is 0. The molecule has 1 saturated heterocycles. The van der Waals surface area contributed by atoms with E-state index in [0.29, 0.717) is 25.9 Å². The zero-order chi connectivity index (χ0) is 17.0. The molecule has 3 rings (SSSR count). The van der Waals surface area contributed by atoms with Crippen molar-refractivity contribution in [2.75, 3.05) is 20.2 Å². The SMILES string of the molecule is COC(O)C(c1ccccc1)N1CCC(O)(c2ccccc2)CC1. The molecule has 1 fully saturated rings. The lowest BCUT2D eigenvalue weighted by molar-refractivity contribution is -0.141. The third kappa shape index (κ3) is 3.52. The van der Waals surface area contributed by atoms with Crippen LogP contribution in [0.2, 0.25) is 0 Å². The van der Waals surface area contributed by atoms with Crippen molar-refractivity contribution in [3.63, 3.8) is 0 Å². The number of hydrogen-bond acceptors (Lipinski definition) is 4. The number of piperidine rings is 1. The summed E-state index contributed by atoms with van der Waals surface area (Å²) in [6.45, 7) is 1.40. The van der Waals surface area contributed by atoms with Crippen molar-refractivity contribution in [2.24, 2.45) is 0 Å². The lowest BCUT2D eigenvalue weighted by Gasteiger charge is -2.43. The molecule has 0 spiro atoms. The van der Waals surface area contributed by atoms with Crippen LogP contribution in [0.5, 0.6) is 0 Å². The van der Waals surface area contributed by atoms with E-state index in [0.717, 1.165) is 11.1 Å². The van der Waals surface area contributed by atoms with E-state index in [1.54, 1.807) is 0 Å². The lowest BCUT2D eigenvalue weighted by Crippen LogP contribution is -2.47. The number of ether oxygens (including phenoxy) is 1. The summed E-state index contributed by atoms with van der Waals surface area (Å²) in [6, 6.07) is 19.5. The monoisotopic (exact) mass is 327 g/mol. The molecule has 0 aliphatic carbocycles. The second kappa shape index (κ2) is 7.45. The molecule has 2 unspecified atom stereocenters. The van der Waals surface area contributed by atoms with Gasteiger partial charge in [-0.3, -0.25) is 4.90 Å². The minimum atomic E-state index is -0.893. The Morgan fingerprint density at radius 3 is 2.04 bits per heavy atom. The largest absolute Gasteiger partial charge is 0.385 e. The maximum absolute atomic E-state index is 11.0. The van der Waals surface area contributed by atoms with Gasteiger partial charge in [0.1, 0.15) is 0 Å². The lowest BCUT2D eigenvalue weighted by atomic mass is 9.83. The quantitative estimate of drug-likeness (QED) is 0.829. The molecular weight excluding hydrogens is 302 g/mol. The van der Waals surface area contributed by atoms with Crippen molar-refractivity contribution in [2.45, 2.75) is 30.8 Å². The van der Waals surface area contributed by atoms with Crippen LogP contribution in [0.3, 0.4) is 0 Å². The van der Waals surface area contributed by atoms with Crippen LogP contribution in [0, 0.1) is 0 Å². The molecule has 0 amide bonds. The Hall–Kier alpha value is -1.72. The molecule has 1 heterocycles. The van der Waals surface area contributed by atoms with E-state index in [4.69, 9.17) is 4.74 Å². The minimum absolute atomic E-state index is 0.225. The van der Waals surface area contributed by atoms with Gasteiger partial charge in [-0.15, -0.1) is 0 Å². The Kier molecular flexibility index (Phi) is 5.31. The maximum Gasteiger partial charge on any atom is 0.174 e. The zero-order valence-corrected chi connectivity index (χ0v) is 14.0. The first-order chi connectivity index (χ1) is 11.6. The van der Waals surface area contributed by atoms with Crippen LogP contribution in [0.4, 0.5) is 0 Å². The molecule has 128 valence electrons. The van der Waals surface area contributed by atoms with Gasteiger partial charge in [0.15, 0.2) is 6.29 Å². The summed E-state index contributed by atoms with van der Waals surface area (Å²) < 4.78 is 5.21. The van der Waals surface area contributed by atoms with Crippen molar-refractivity contribution in [1.82, 2.24) is 4.90 Å². The smallest absolute Gasteiger partial charge is 0.174 e. The number of aliphatic hydroxyl groups excluding tert-OH is 1. The zero-order valence-electron chi connectivity index (χ0n) is 14.0. The summed E-state index contributed by atoms with van der Waals surface area (Å²) in [5, 5.41) is 21.3. The molecule has 4 nitrogen and oxygen atoms in total. The van der Waals surface area contributed by atoms with Gasteiger partial charge < -0.3 is 14.9 Å². The van der Waals surface area contributed by atoms with Crippen LogP contribution in [-0.2, 0) is 10.3 Å². The van der Waals surface area contributed by atoms with Crippen molar-refractivity contribution in [3.05, 3.63) is 71.8 Å². The third-order valence-electron chi connectivity index (χ3n) is 4.98. The van der Waals surface area contributed by atoms with Gasteiger partial charge >= 0.3 is 0 Å². The van der Waals surface area contributed by atoms with Gasteiger partial charge in [0.05, 0.1) is 11.6 Å². The molecule has 24 heavy (non-hydrogen) atoms. The molecule has 2 aromatic rings. The number of aliphatic hydroxyl groups is 2. The van der Waals surface area contributed by atoms with Crippen molar-refractivity contribution in [1.29, 1.82) is 0 Å². The first kappa shape index (κ1) is 17.1. The number of benzene rings is 2. The Morgan fingerprint density at radius 1 is 0.958 bits per heavy atom. The second-order valence-electron chi connectivity index (χ2n) is 6.42. The summed E-state index contributed by atoms with van der Waals surface area (Å²) >= 11 is 0. The van der Waals surface area contributed by atoms with E-state index in [1.165, 1.54) is 7.11 Å². The Balaban J connectivity index is 1.76. The van der Waals surface area contributed by atoms with E-state index in [9.17, 15) is 10.2 Å². The molecule has 0 bridgehead atoms. The van der Waals surface area contributed by atoms with Crippen molar-refractivity contribution < 1.29 is 14.9 Å². The van der Waals surface area contributed by atoms with Crippen LogP contribution >= 0.6 is 0 Å². The van der Waals surface area contributed by atoms with Crippen LogP contribution in [0.15, 0.2) is 60.7 Å². The average molecular weight is 327 g/mol. The van der Waals surface area contributed by atoms with E-state index >= 15 is 0 Å². The molecule has 4 heteroatoms. The summed E-state index contributed by atoms with van der Waals surface area (Å²) in [5.41, 5.74) is 1.20. The summed E-state index contributed by atoms with van der Waals surface area (Å²) in [7, 11) is 1.52. The molecule has 2 atom stereocenters. The summed E-state index contributed by atoms with van der Waals surface area (Å²) in [4.78, 5) is 2.20. The number of nitrogens with zero attached hydrogens (tertiary/aromatic N) is 1. The molecule has 1 aliphatic rings. The Morgan fingerprint density at radius 2 is 1.50 bits per heavy atom.